The van der Waals surface area contributed by atoms with Crippen molar-refractivity contribution in [1.82, 2.24) is 0 Å². The fraction of sp³-hybridized carbons (Fsp3) is 0.400. The minimum absolute atomic E-state index is 0.432. The SMILES string of the molecule is FC(F)OC1CCc2cc(Br)ccc21. The molecule has 0 bridgehead atoms. The molecule has 0 saturated carbocycles. The van der Waals surface area contributed by atoms with Gasteiger partial charge in [0.1, 0.15) is 0 Å². The minimum Gasteiger partial charge on any atom is -0.315 e. The van der Waals surface area contributed by atoms with Gasteiger partial charge >= 0.3 is 6.61 Å². The minimum atomic E-state index is -2.69. The van der Waals surface area contributed by atoms with Crippen LogP contribution in [-0.2, 0) is 11.2 Å². The van der Waals surface area contributed by atoms with Crippen LogP contribution in [0.4, 0.5) is 8.78 Å². The van der Waals surface area contributed by atoms with Gasteiger partial charge in [0.05, 0.1) is 6.10 Å². The Morgan fingerprint density at radius 1 is 1.43 bits per heavy atom. The molecule has 0 aliphatic heterocycles. The molecule has 0 spiro atoms. The van der Waals surface area contributed by atoms with Crippen LogP contribution in [0.1, 0.15) is 23.7 Å². The Hall–Kier alpha value is -0.480. The maximum atomic E-state index is 12.0. The van der Waals surface area contributed by atoms with Crippen molar-refractivity contribution in [1.29, 1.82) is 0 Å². The molecule has 0 heterocycles. The molecule has 2 rings (SSSR count). The van der Waals surface area contributed by atoms with Crippen molar-refractivity contribution in [2.75, 3.05) is 0 Å². The summed E-state index contributed by atoms with van der Waals surface area (Å²) in [4.78, 5) is 0. The van der Waals surface area contributed by atoms with Crippen molar-refractivity contribution in [3.05, 3.63) is 33.8 Å². The van der Waals surface area contributed by atoms with Gasteiger partial charge in [-0.25, -0.2) is 0 Å². The molecule has 0 fully saturated rings. The first-order chi connectivity index (χ1) is 6.66. The molecule has 1 aromatic rings. The van der Waals surface area contributed by atoms with E-state index in [0.29, 0.717) is 6.42 Å². The Kier molecular flexibility index (Phi) is 2.83. The van der Waals surface area contributed by atoms with Gasteiger partial charge in [-0.2, -0.15) is 8.78 Å². The topological polar surface area (TPSA) is 9.23 Å². The molecule has 1 unspecified atom stereocenters. The summed E-state index contributed by atoms with van der Waals surface area (Å²) in [6.45, 7) is -2.69. The lowest BCUT2D eigenvalue weighted by atomic mass is 10.1. The van der Waals surface area contributed by atoms with Crippen LogP contribution in [0.5, 0.6) is 0 Å². The molecule has 76 valence electrons. The predicted molar refractivity (Wildman–Crippen MR) is 52.3 cm³/mol. The van der Waals surface area contributed by atoms with E-state index in [1.807, 2.05) is 18.2 Å². The molecule has 0 radical (unpaired) electrons. The molecule has 4 heteroatoms. The van der Waals surface area contributed by atoms with Crippen LogP contribution < -0.4 is 0 Å². The van der Waals surface area contributed by atoms with Gasteiger partial charge in [0, 0.05) is 4.47 Å². The first-order valence-electron chi connectivity index (χ1n) is 4.39. The molecular weight excluding hydrogens is 254 g/mol. The zero-order valence-electron chi connectivity index (χ0n) is 7.34. The Morgan fingerprint density at radius 2 is 2.21 bits per heavy atom. The molecule has 1 aliphatic carbocycles. The van der Waals surface area contributed by atoms with Crippen LogP contribution >= 0.6 is 15.9 Å². The molecule has 14 heavy (non-hydrogen) atoms. The third kappa shape index (κ3) is 1.96. The molecule has 1 atom stereocenters. The van der Waals surface area contributed by atoms with E-state index in [2.05, 4.69) is 20.7 Å². The van der Waals surface area contributed by atoms with E-state index >= 15 is 0 Å². The van der Waals surface area contributed by atoms with Crippen LogP contribution in [-0.4, -0.2) is 6.61 Å². The van der Waals surface area contributed by atoms with Crippen LogP contribution in [0.15, 0.2) is 22.7 Å². The van der Waals surface area contributed by atoms with Crippen molar-refractivity contribution < 1.29 is 13.5 Å². The Bertz CT molecular complexity index is 341. The highest BCUT2D eigenvalue weighted by Gasteiger charge is 2.25. The Balaban J connectivity index is 2.22. The van der Waals surface area contributed by atoms with E-state index in [9.17, 15) is 8.78 Å². The van der Waals surface area contributed by atoms with Gasteiger partial charge in [-0.1, -0.05) is 22.0 Å². The van der Waals surface area contributed by atoms with Crippen molar-refractivity contribution in [2.45, 2.75) is 25.6 Å². The summed E-state index contributed by atoms with van der Waals surface area (Å²) in [5.74, 6) is 0. The number of rotatable bonds is 2. The summed E-state index contributed by atoms with van der Waals surface area (Å²) in [6, 6.07) is 5.66. The highest BCUT2D eigenvalue weighted by atomic mass is 79.9. The van der Waals surface area contributed by atoms with E-state index in [1.54, 1.807) is 0 Å². The van der Waals surface area contributed by atoms with Gasteiger partial charge in [0.25, 0.3) is 0 Å². The Morgan fingerprint density at radius 3 is 2.93 bits per heavy atom. The number of ether oxygens (including phenoxy) is 1. The quantitative estimate of drug-likeness (QED) is 0.790. The van der Waals surface area contributed by atoms with Crippen molar-refractivity contribution in [3.8, 4) is 0 Å². The third-order valence-electron chi connectivity index (χ3n) is 2.39. The standard InChI is InChI=1S/C10H9BrF2O/c11-7-2-3-8-6(5-7)1-4-9(8)14-10(12)13/h2-3,5,9-10H,1,4H2. The first-order valence-corrected chi connectivity index (χ1v) is 5.18. The molecule has 0 amide bonds. The second-order valence-electron chi connectivity index (χ2n) is 3.27. The normalized spacial score (nSPS) is 20.1. The fourth-order valence-electron chi connectivity index (χ4n) is 1.81. The second-order valence-corrected chi connectivity index (χ2v) is 4.18. The first kappa shape index (κ1) is 10.1. The lowest BCUT2D eigenvalue weighted by Gasteiger charge is -2.11. The van der Waals surface area contributed by atoms with Crippen molar-refractivity contribution >= 4 is 15.9 Å². The summed E-state index contributed by atoms with van der Waals surface area (Å²) >= 11 is 3.35. The van der Waals surface area contributed by atoms with E-state index in [4.69, 9.17) is 0 Å². The summed E-state index contributed by atoms with van der Waals surface area (Å²) in [6.07, 6.45) is 1.03. The number of hydrogen-bond donors (Lipinski definition) is 0. The van der Waals surface area contributed by atoms with Crippen molar-refractivity contribution in [2.24, 2.45) is 0 Å². The third-order valence-corrected chi connectivity index (χ3v) is 2.89. The maximum Gasteiger partial charge on any atom is 0.345 e. The molecule has 1 aliphatic rings. The van der Waals surface area contributed by atoms with Crippen LogP contribution in [0.3, 0.4) is 0 Å². The van der Waals surface area contributed by atoms with Crippen LogP contribution in [0.25, 0.3) is 0 Å². The average molecular weight is 263 g/mol. The monoisotopic (exact) mass is 262 g/mol. The maximum absolute atomic E-state index is 12.0. The molecule has 0 saturated heterocycles. The number of hydrogen-bond acceptors (Lipinski definition) is 1. The van der Waals surface area contributed by atoms with Gasteiger partial charge in [0.2, 0.25) is 0 Å². The lowest BCUT2D eigenvalue weighted by Crippen LogP contribution is -2.05. The molecule has 0 N–H and O–H groups in total. The van der Waals surface area contributed by atoms with Gasteiger partial charge in [0.15, 0.2) is 0 Å². The lowest BCUT2D eigenvalue weighted by molar-refractivity contribution is -0.164. The smallest absolute Gasteiger partial charge is 0.315 e. The van der Waals surface area contributed by atoms with Gasteiger partial charge in [-0.3, -0.25) is 0 Å². The number of aryl methyl sites for hydroxylation is 1. The van der Waals surface area contributed by atoms with E-state index < -0.39 is 12.7 Å². The van der Waals surface area contributed by atoms with Crippen LogP contribution in [0.2, 0.25) is 0 Å². The fourth-order valence-corrected chi connectivity index (χ4v) is 2.22. The molecule has 1 aromatic carbocycles. The second kappa shape index (κ2) is 3.95. The zero-order valence-corrected chi connectivity index (χ0v) is 8.93. The summed E-state index contributed by atoms with van der Waals surface area (Å²) in [5, 5.41) is 0. The zero-order chi connectivity index (χ0) is 10.1. The number of halogens is 3. The van der Waals surface area contributed by atoms with Gasteiger partial charge in [-0.05, 0) is 36.1 Å². The van der Waals surface area contributed by atoms with Crippen molar-refractivity contribution in [3.63, 3.8) is 0 Å². The Labute approximate surface area is 89.2 Å². The number of benzene rings is 1. The number of alkyl halides is 2. The van der Waals surface area contributed by atoms with E-state index in [0.717, 1.165) is 22.0 Å². The average Bonchev–Trinajstić information content (AvgIpc) is 2.47. The molecule has 1 nitrogen and oxygen atoms in total. The number of fused-ring (bicyclic) bond motifs is 1. The highest BCUT2D eigenvalue weighted by molar-refractivity contribution is 9.10. The van der Waals surface area contributed by atoms with Crippen LogP contribution in [0, 0.1) is 0 Å². The summed E-state index contributed by atoms with van der Waals surface area (Å²) in [7, 11) is 0. The largest absolute Gasteiger partial charge is 0.345 e. The van der Waals surface area contributed by atoms with E-state index in [-0.39, 0.29) is 0 Å². The highest BCUT2D eigenvalue weighted by Crippen LogP contribution is 2.36. The summed E-state index contributed by atoms with van der Waals surface area (Å²) < 4.78 is 29.6. The van der Waals surface area contributed by atoms with E-state index in [1.165, 1.54) is 0 Å². The molecular formula is C10H9BrF2O. The molecule has 0 aromatic heterocycles. The summed E-state index contributed by atoms with van der Waals surface area (Å²) in [5.41, 5.74) is 2.00. The predicted octanol–water partition coefficient (Wildman–Crippen LogP) is 3.68. The van der Waals surface area contributed by atoms with Gasteiger partial charge in [-0.15, -0.1) is 0 Å². The van der Waals surface area contributed by atoms with Gasteiger partial charge < -0.3 is 4.74 Å².